The minimum absolute atomic E-state index is 0.165. The smallest absolute Gasteiger partial charge is 0.410 e. The van der Waals surface area contributed by atoms with E-state index in [2.05, 4.69) is 138 Å². The Morgan fingerprint density at radius 3 is 1.02 bits per heavy atom. The fourth-order valence-corrected chi connectivity index (χ4v) is 19.7. The summed E-state index contributed by atoms with van der Waals surface area (Å²) >= 11 is 13.9. The lowest BCUT2D eigenvalue weighted by Gasteiger charge is -2.31. The van der Waals surface area contributed by atoms with Gasteiger partial charge in [-0.2, -0.15) is 48.1 Å². The van der Waals surface area contributed by atoms with E-state index in [-0.39, 0.29) is 43.1 Å². The summed E-state index contributed by atoms with van der Waals surface area (Å²) in [5, 5.41) is 38.3. The highest BCUT2D eigenvalue weighted by atomic mass is 79.9. The van der Waals surface area contributed by atoms with Crippen LogP contribution in [-0.2, 0) is 67.0 Å². The largest absolute Gasteiger partial charge is 0.472 e. The fraction of sp³-hybridized carbons (Fsp3) is 0.130. The van der Waals surface area contributed by atoms with Gasteiger partial charge in [0.2, 0.25) is 0 Å². The average Bonchev–Trinajstić information content (AvgIpc) is 1.36. The molecule has 1 aliphatic rings. The van der Waals surface area contributed by atoms with Crippen molar-refractivity contribution in [2.45, 2.75) is 63.2 Å². The molecule has 0 aliphatic carbocycles. The molecule has 0 bridgehead atoms. The first-order chi connectivity index (χ1) is 69.0. The molecule has 35 nitrogen and oxygen atoms in total. The first-order valence-electron chi connectivity index (χ1n) is 44.0. The molecule has 20 aromatic rings. The van der Waals surface area contributed by atoms with E-state index in [1.165, 1.54) is 31.3 Å². The SMILES string of the molecule is CCc1cnn2c(Nc3ccc(S(C)(=O)=O)cc3)cc(-c3ccccc3)nc12.CS(=O)(=O)c1ccc(Nc2cc(-c3ccccc3)nc3c(Br)cnn23)cc1.CS(=O)(=O)c1ccc(Nc2cc(-c3ccco3)nc3c(Br)cnn23)cc1.CS(=O)(=O)c1ccc(Nc2cc(-c3ccoc3)nc3c(Br)cnn23)cc1.CS(=O)(=O)c1ccc(Nc2cc(C3CCN(C(=O)OCc4ccccc4)CC3)nc3c(Br)cnn23)cc1. The lowest BCUT2D eigenvalue weighted by atomic mass is 9.93. The highest BCUT2D eigenvalue weighted by Gasteiger charge is 2.29. The number of anilines is 10. The highest BCUT2D eigenvalue weighted by Crippen LogP contribution is 2.37. The molecule has 0 radical (unpaired) electrons. The fourth-order valence-electron chi connectivity index (χ4n) is 15.1. The molecule has 13 heterocycles. The number of hydrogen-bond donors (Lipinski definition) is 5. The van der Waals surface area contributed by atoms with Crippen molar-refractivity contribution in [1.82, 2.24) is 77.9 Å². The van der Waals surface area contributed by atoms with E-state index in [0.29, 0.717) is 64.6 Å². The quantitative estimate of drug-likeness (QED) is 0.0397. The zero-order valence-electron chi connectivity index (χ0n) is 77.2. The number of sulfone groups is 5. The van der Waals surface area contributed by atoms with Crippen LogP contribution in [0.4, 0.5) is 62.3 Å². The van der Waals surface area contributed by atoms with Crippen LogP contribution in [0, 0.1) is 0 Å². The molecule has 0 spiro atoms. The number of aryl methyl sites for hydroxylation is 1. The molecule has 734 valence electrons. The van der Waals surface area contributed by atoms with E-state index < -0.39 is 49.2 Å². The number of ether oxygens (including phenoxy) is 1. The van der Waals surface area contributed by atoms with E-state index in [0.717, 1.165) is 133 Å². The van der Waals surface area contributed by atoms with Gasteiger partial charge in [0, 0.05) is 137 Å². The zero-order valence-corrected chi connectivity index (χ0v) is 87.6. The number of rotatable bonds is 23. The van der Waals surface area contributed by atoms with Crippen molar-refractivity contribution in [3.8, 4) is 45.2 Å². The monoisotopic (exact) mass is 2280 g/mol. The molecule has 0 unspecified atom stereocenters. The second-order valence-electron chi connectivity index (χ2n) is 33.0. The Hall–Kier alpha value is -14.6. The molecule has 5 N–H and O–H groups in total. The number of nitrogens with zero attached hydrogens (tertiary/aromatic N) is 16. The minimum atomic E-state index is -3.27. The van der Waals surface area contributed by atoms with Crippen LogP contribution in [0.2, 0.25) is 0 Å². The Morgan fingerprint density at radius 1 is 0.361 bits per heavy atom. The van der Waals surface area contributed by atoms with Crippen LogP contribution < -0.4 is 26.6 Å². The van der Waals surface area contributed by atoms with E-state index in [1.54, 1.807) is 198 Å². The Bertz CT molecular complexity index is 8490. The Kier molecular flexibility index (Phi) is 30.3. The summed E-state index contributed by atoms with van der Waals surface area (Å²) in [5.41, 5.74) is 16.0. The van der Waals surface area contributed by atoms with Gasteiger partial charge in [0.1, 0.15) is 41.4 Å². The van der Waals surface area contributed by atoms with Gasteiger partial charge in [0.05, 0.1) is 109 Å². The number of nitrogens with one attached hydrogen (secondary N) is 5. The van der Waals surface area contributed by atoms with Crippen LogP contribution in [0.25, 0.3) is 73.5 Å². The number of benzene rings is 8. The number of fused-ring (bicyclic) bond motifs is 5. The van der Waals surface area contributed by atoms with Gasteiger partial charge in [-0.25, -0.2) is 71.8 Å². The number of amides is 1. The Balaban J connectivity index is 0.000000124. The molecule has 21 rings (SSSR count). The number of carbonyl (C=O) groups is 1. The molecule has 144 heavy (non-hydrogen) atoms. The number of halogens is 4. The summed E-state index contributed by atoms with van der Waals surface area (Å²) in [6.45, 7) is 3.50. The third-order valence-corrected chi connectivity index (χ3v) is 30.4. The zero-order chi connectivity index (χ0) is 101. The molecule has 1 aliphatic heterocycles. The normalized spacial score (nSPS) is 12.4. The van der Waals surface area contributed by atoms with E-state index in [1.807, 2.05) is 140 Å². The van der Waals surface area contributed by atoms with Gasteiger partial charge in [0.25, 0.3) is 0 Å². The molecule has 0 saturated carbocycles. The van der Waals surface area contributed by atoms with Crippen LogP contribution in [-0.4, -0.2) is 170 Å². The first kappa shape index (κ1) is 101. The number of likely N-dealkylation sites (tertiary alicyclic amines) is 1. The summed E-state index contributed by atoms with van der Waals surface area (Å²) in [5.74, 6) is 4.34. The van der Waals surface area contributed by atoms with Crippen molar-refractivity contribution in [2.75, 3.05) is 71.0 Å². The van der Waals surface area contributed by atoms with Crippen molar-refractivity contribution < 1.29 is 60.5 Å². The van der Waals surface area contributed by atoms with E-state index in [9.17, 15) is 46.9 Å². The molecule has 8 aromatic carbocycles. The Labute approximate surface area is 860 Å². The third kappa shape index (κ3) is 24.3. The maximum Gasteiger partial charge on any atom is 0.410 e. The summed E-state index contributed by atoms with van der Waals surface area (Å²) in [7, 11) is -16.2. The van der Waals surface area contributed by atoms with Gasteiger partial charge in [0.15, 0.2) is 83.2 Å². The van der Waals surface area contributed by atoms with Crippen LogP contribution in [0.15, 0.2) is 362 Å². The van der Waals surface area contributed by atoms with Crippen molar-refractivity contribution in [2.24, 2.45) is 0 Å². The van der Waals surface area contributed by atoms with Crippen LogP contribution in [0.5, 0.6) is 0 Å². The maximum absolute atomic E-state index is 12.6. The minimum Gasteiger partial charge on any atom is -0.472 e. The second-order valence-corrected chi connectivity index (χ2v) is 46.5. The first-order valence-corrected chi connectivity index (χ1v) is 56.6. The number of piperidine rings is 1. The number of furan rings is 2. The molecule has 0 atom stereocenters. The summed E-state index contributed by atoms with van der Waals surface area (Å²) in [6, 6.07) is 77.3. The van der Waals surface area contributed by atoms with Crippen LogP contribution >= 0.6 is 63.7 Å². The van der Waals surface area contributed by atoms with Gasteiger partial charge in [-0.05, 0) is 228 Å². The van der Waals surface area contributed by atoms with Gasteiger partial charge < -0.3 is 45.1 Å². The van der Waals surface area contributed by atoms with Crippen molar-refractivity contribution in [3.05, 3.63) is 345 Å². The maximum atomic E-state index is 12.6. The van der Waals surface area contributed by atoms with Gasteiger partial charge in [-0.3, -0.25) is 0 Å². The summed E-state index contributed by atoms with van der Waals surface area (Å²) < 4.78 is 144. The molecule has 1 amide bonds. The predicted octanol–water partition coefficient (Wildman–Crippen LogP) is 21.4. The molecule has 12 aromatic heterocycles. The summed E-state index contributed by atoms with van der Waals surface area (Å²) in [4.78, 5) is 39.2. The second kappa shape index (κ2) is 43.3. The number of hydrogen-bond acceptors (Lipinski definition) is 29. The van der Waals surface area contributed by atoms with Crippen molar-refractivity contribution in [1.29, 1.82) is 0 Å². The van der Waals surface area contributed by atoms with E-state index in [4.69, 9.17) is 23.5 Å². The van der Waals surface area contributed by atoms with Gasteiger partial charge >= 0.3 is 6.09 Å². The lowest BCUT2D eigenvalue weighted by molar-refractivity contribution is 0.0868. The van der Waals surface area contributed by atoms with Crippen LogP contribution in [0.1, 0.15) is 42.5 Å². The Morgan fingerprint density at radius 2 is 0.681 bits per heavy atom. The standard InChI is InChI=1S/C26H26BrN5O4S.C21H20N4O2S.C19H15BrN4O2S.2C17H13BrN4O3S/c1-37(34,35)21-9-7-20(8-10-21)29-24-15-23(30-25-22(27)16-28-32(24)25)19-11-13-31(14-12-19)26(33)36-17-18-5-3-2-4-6-18;1-3-15-14-22-25-20(23-17-9-11-18(12-10-17)28(2,26)27)13-19(24-21(15)25)16-7-5-4-6-8-16;1-27(25,26)15-9-7-14(8-10-15)22-18-11-17(13-5-3-2-4-6-13)23-19-16(20)12-21-24(18)19;1-26(23,24)13-4-2-12(3-5-13)20-16-8-15(11-6-7-25-10-11)21-17-14(18)9-19-22(16)17;1-26(23,24)12-6-4-11(5-7-12)20-16-9-14(15-3-2-8-25-15)21-17-13(18)10-19-22(16)17/h2-10,15-16,19,29H,11-14,17H2,1H3;4-14,23H,3H2,1-2H3;2-12,22H,1H3;2*2-10,20H,1H3. The summed E-state index contributed by atoms with van der Waals surface area (Å²) in [6.07, 6.45) is 21.3. The molecular formula is C100H87Br4N21O14S5. The highest BCUT2D eigenvalue weighted by molar-refractivity contribution is 9.11. The number of carbonyl (C=O) groups excluding carboxylic acids is 1. The predicted molar refractivity (Wildman–Crippen MR) is 566 cm³/mol. The van der Waals surface area contributed by atoms with Gasteiger partial charge in [-0.15, -0.1) is 0 Å². The lowest BCUT2D eigenvalue weighted by Crippen LogP contribution is -2.38. The molecule has 44 heteroatoms. The number of aromatic nitrogens is 15. The van der Waals surface area contributed by atoms with Crippen molar-refractivity contribution in [3.63, 3.8) is 0 Å². The topological polar surface area (TPSA) is 438 Å². The van der Waals surface area contributed by atoms with E-state index >= 15 is 0 Å². The third-order valence-electron chi connectivity index (χ3n) is 22.5. The van der Waals surface area contributed by atoms with Gasteiger partial charge in [-0.1, -0.05) is 97.9 Å². The van der Waals surface area contributed by atoms with Crippen molar-refractivity contribution >= 4 is 205 Å². The molecule has 1 saturated heterocycles. The molecule has 1 fully saturated rings. The average molecular weight is 2290 g/mol. The molecular weight excluding hydrogens is 2200 g/mol. The van der Waals surface area contributed by atoms with Crippen LogP contribution in [0.3, 0.4) is 0 Å².